The van der Waals surface area contributed by atoms with E-state index in [1.807, 2.05) is 6.92 Å². The molecule has 0 saturated carbocycles. The Morgan fingerprint density at radius 3 is 2.39 bits per heavy atom. The number of alkyl halides is 3. The van der Waals surface area contributed by atoms with Gasteiger partial charge < -0.3 is 4.90 Å². The SMILES string of the molecule is CCC1CN(c2ccc(C(F)(F)F)cc2)C(=N)S1. The van der Waals surface area contributed by atoms with E-state index in [4.69, 9.17) is 5.41 Å². The number of halogens is 3. The molecule has 0 bridgehead atoms. The van der Waals surface area contributed by atoms with Gasteiger partial charge in [0.15, 0.2) is 5.17 Å². The van der Waals surface area contributed by atoms with E-state index in [1.54, 1.807) is 4.90 Å². The van der Waals surface area contributed by atoms with Crippen LogP contribution in [0.25, 0.3) is 0 Å². The van der Waals surface area contributed by atoms with E-state index in [0.717, 1.165) is 18.6 Å². The number of hydrogen-bond donors (Lipinski definition) is 1. The Morgan fingerprint density at radius 1 is 1.33 bits per heavy atom. The molecule has 1 aliphatic rings. The molecule has 2 rings (SSSR count). The number of amidine groups is 1. The lowest BCUT2D eigenvalue weighted by atomic mass is 10.2. The van der Waals surface area contributed by atoms with E-state index in [-0.39, 0.29) is 0 Å². The molecule has 1 unspecified atom stereocenters. The Balaban J connectivity index is 2.18. The van der Waals surface area contributed by atoms with Gasteiger partial charge in [-0.3, -0.25) is 5.41 Å². The van der Waals surface area contributed by atoms with Gasteiger partial charge in [-0.1, -0.05) is 18.7 Å². The summed E-state index contributed by atoms with van der Waals surface area (Å²) in [5, 5.41) is 8.57. The van der Waals surface area contributed by atoms with Crippen LogP contribution in [0.4, 0.5) is 18.9 Å². The maximum Gasteiger partial charge on any atom is 0.416 e. The maximum absolute atomic E-state index is 12.4. The normalized spacial score (nSPS) is 20.6. The fourth-order valence-corrected chi connectivity index (χ4v) is 2.82. The minimum atomic E-state index is -4.31. The van der Waals surface area contributed by atoms with Gasteiger partial charge in [0.1, 0.15) is 0 Å². The predicted molar refractivity (Wildman–Crippen MR) is 68.2 cm³/mol. The number of anilines is 1. The van der Waals surface area contributed by atoms with E-state index < -0.39 is 11.7 Å². The minimum absolute atomic E-state index is 0.347. The summed E-state index contributed by atoms with van der Waals surface area (Å²) in [5.74, 6) is 0. The van der Waals surface area contributed by atoms with Crippen molar-refractivity contribution in [2.24, 2.45) is 0 Å². The molecule has 0 aliphatic carbocycles. The van der Waals surface area contributed by atoms with Crippen LogP contribution in [-0.4, -0.2) is 17.0 Å². The van der Waals surface area contributed by atoms with Crippen LogP contribution in [0.5, 0.6) is 0 Å². The standard InChI is InChI=1S/C12H13F3N2S/c1-2-10-7-17(11(16)18-10)9-5-3-8(4-6-9)12(13,14)15/h3-6,10,16H,2,7H2,1H3. The van der Waals surface area contributed by atoms with Crippen LogP contribution in [0.3, 0.4) is 0 Å². The number of nitrogens with zero attached hydrogens (tertiary/aromatic N) is 1. The molecule has 98 valence electrons. The number of benzene rings is 1. The molecule has 1 aliphatic heterocycles. The van der Waals surface area contributed by atoms with E-state index in [9.17, 15) is 13.2 Å². The number of hydrogen-bond acceptors (Lipinski definition) is 2. The van der Waals surface area contributed by atoms with E-state index >= 15 is 0 Å². The summed E-state index contributed by atoms with van der Waals surface area (Å²) in [6.45, 7) is 2.73. The van der Waals surface area contributed by atoms with Crippen molar-refractivity contribution >= 4 is 22.6 Å². The summed E-state index contributed by atoms with van der Waals surface area (Å²) in [7, 11) is 0. The topological polar surface area (TPSA) is 27.1 Å². The Labute approximate surface area is 108 Å². The number of rotatable bonds is 2. The second-order valence-electron chi connectivity index (χ2n) is 4.11. The minimum Gasteiger partial charge on any atom is -0.320 e. The lowest BCUT2D eigenvalue weighted by molar-refractivity contribution is -0.137. The summed E-state index contributed by atoms with van der Waals surface area (Å²) in [6.07, 6.45) is -3.36. The van der Waals surface area contributed by atoms with Gasteiger partial charge in [-0.15, -0.1) is 0 Å². The molecule has 18 heavy (non-hydrogen) atoms. The Morgan fingerprint density at radius 2 is 1.94 bits per heavy atom. The molecule has 1 atom stereocenters. The summed E-state index contributed by atoms with van der Waals surface area (Å²) >= 11 is 1.47. The van der Waals surface area contributed by atoms with Crippen LogP contribution in [0, 0.1) is 5.41 Å². The zero-order chi connectivity index (χ0) is 13.3. The lowest BCUT2D eigenvalue weighted by Crippen LogP contribution is -2.24. The first-order chi connectivity index (χ1) is 8.41. The number of thioether (sulfide) groups is 1. The first kappa shape index (κ1) is 13.3. The highest BCUT2D eigenvalue weighted by Crippen LogP contribution is 2.34. The van der Waals surface area contributed by atoms with Crippen LogP contribution in [0.2, 0.25) is 0 Å². The van der Waals surface area contributed by atoms with Crippen LogP contribution in [-0.2, 0) is 6.18 Å². The fourth-order valence-electron chi connectivity index (χ4n) is 1.81. The summed E-state index contributed by atoms with van der Waals surface area (Å²) < 4.78 is 37.3. The first-order valence-electron chi connectivity index (χ1n) is 5.62. The van der Waals surface area contributed by atoms with E-state index in [2.05, 4.69) is 0 Å². The van der Waals surface area contributed by atoms with Crippen molar-refractivity contribution in [1.29, 1.82) is 5.41 Å². The molecule has 1 saturated heterocycles. The molecule has 0 aromatic heterocycles. The highest BCUT2D eigenvalue weighted by molar-refractivity contribution is 8.15. The average Bonchev–Trinajstić information content (AvgIpc) is 2.70. The third kappa shape index (κ3) is 2.63. The second-order valence-corrected chi connectivity index (χ2v) is 5.40. The van der Waals surface area contributed by atoms with Gasteiger partial charge in [-0.25, -0.2) is 0 Å². The highest BCUT2D eigenvalue weighted by atomic mass is 32.2. The Bertz CT molecular complexity index is 442. The third-order valence-electron chi connectivity index (χ3n) is 2.87. The smallest absolute Gasteiger partial charge is 0.320 e. The zero-order valence-electron chi connectivity index (χ0n) is 9.79. The Hall–Kier alpha value is -1.17. The maximum atomic E-state index is 12.4. The molecule has 1 aromatic carbocycles. The van der Waals surface area contributed by atoms with Crippen molar-refractivity contribution in [1.82, 2.24) is 0 Å². The molecule has 1 fully saturated rings. The van der Waals surface area contributed by atoms with Crippen LogP contribution in [0.15, 0.2) is 24.3 Å². The van der Waals surface area contributed by atoms with Crippen molar-refractivity contribution in [2.75, 3.05) is 11.4 Å². The quantitative estimate of drug-likeness (QED) is 0.883. The summed E-state index contributed by atoms with van der Waals surface area (Å²) in [6, 6.07) is 4.98. The van der Waals surface area contributed by atoms with Gasteiger partial charge >= 0.3 is 6.18 Å². The molecular formula is C12H13F3N2S. The van der Waals surface area contributed by atoms with Gasteiger partial charge in [0, 0.05) is 17.5 Å². The van der Waals surface area contributed by atoms with Gasteiger partial charge in [0.2, 0.25) is 0 Å². The van der Waals surface area contributed by atoms with Crippen LogP contribution in [0.1, 0.15) is 18.9 Å². The molecular weight excluding hydrogens is 261 g/mol. The Kier molecular flexibility index (Phi) is 3.56. The predicted octanol–water partition coefficient (Wildman–Crippen LogP) is 3.97. The van der Waals surface area contributed by atoms with E-state index in [0.29, 0.717) is 22.6 Å². The summed E-state index contributed by atoms with van der Waals surface area (Å²) in [4.78, 5) is 1.75. The zero-order valence-corrected chi connectivity index (χ0v) is 10.6. The van der Waals surface area contributed by atoms with Crippen LogP contribution >= 0.6 is 11.8 Å². The first-order valence-corrected chi connectivity index (χ1v) is 6.49. The molecule has 1 N–H and O–H groups in total. The lowest BCUT2D eigenvalue weighted by Gasteiger charge is -2.18. The number of nitrogens with one attached hydrogen (secondary N) is 1. The molecule has 6 heteroatoms. The van der Waals surface area contributed by atoms with Crippen molar-refractivity contribution in [3.8, 4) is 0 Å². The monoisotopic (exact) mass is 274 g/mol. The molecule has 1 aromatic rings. The van der Waals surface area contributed by atoms with Gasteiger partial charge in [0.05, 0.1) is 5.56 Å². The highest BCUT2D eigenvalue weighted by Gasteiger charge is 2.31. The molecule has 0 amide bonds. The van der Waals surface area contributed by atoms with Crippen molar-refractivity contribution in [2.45, 2.75) is 24.8 Å². The van der Waals surface area contributed by atoms with Gasteiger partial charge in [-0.05, 0) is 30.7 Å². The van der Waals surface area contributed by atoms with Crippen molar-refractivity contribution in [3.63, 3.8) is 0 Å². The van der Waals surface area contributed by atoms with Crippen molar-refractivity contribution in [3.05, 3.63) is 29.8 Å². The summed E-state index contributed by atoms with van der Waals surface area (Å²) in [5.41, 5.74) is -0.00637. The molecule has 1 heterocycles. The molecule has 0 radical (unpaired) electrons. The fraction of sp³-hybridized carbons (Fsp3) is 0.417. The molecule has 2 nitrogen and oxygen atoms in total. The second kappa shape index (κ2) is 4.84. The third-order valence-corrected chi connectivity index (χ3v) is 4.13. The average molecular weight is 274 g/mol. The largest absolute Gasteiger partial charge is 0.416 e. The van der Waals surface area contributed by atoms with Gasteiger partial charge in [-0.2, -0.15) is 13.2 Å². The van der Waals surface area contributed by atoms with Crippen LogP contribution < -0.4 is 4.90 Å². The molecule has 0 spiro atoms. The van der Waals surface area contributed by atoms with Gasteiger partial charge in [0.25, 0.3) is 0 Å². The van der Waals surface area contributed by atoms with Crippen molar-refractivity contribution < 1.29 is 13.2 Å². The van der Waals surface area contributed by atoms with E-state index in [1.165, 1.54) is 23.9 Å².